The highest BCUT2D eigenvalue weighted by Crippen LogP contribution is 2.23. The predicted molar refractivity (Wildman–Crippen MR) is 67.6 cm³/mol. The van der Waals surface area contributed by atoms with E-state index in [9.17, 15) is 13.2 Å². The number of rotatable bonds is 6. The average molecular weight is 278 g/mol. The quantitative estimate of drug-likeness (QED) is 0.775. The maximum absolute atomic E-state index is 13.6. The molecule has 0 saturated carbocycles. The lowest BCUT2D eigenvalue weighted by atomic mass is 10.1. The van der Waals surface area contributed by atoms with E-state index in [1.165, 1.54) is 12.1 Å². The Morgan fingerprint density at radius 1 is 1.44 bits per heavy atom. The summed E-state index contributed by atoms with van der Waals surface area (Å²) in [4.78, 5) is 0.947. The van der Waals surface area contributed by atoms with Crippen LogP contribution in [0.3, 0.4) is 0 Å². The van der Waals surface area contributed by atoms with Crippen LogP contribution in [0.5, 0.6) is 0 Å². The molecular formula is C11H13F3N2OS. The number of aliphatic hydroxyl groups excluding tert-OH is 1. The molecule has 3 N–H and O–H groups in total. The first-order chi connectivity index (χ1) is 8.47. The highest BCUT2D eigenvalue weighted by Gasteiger charge is 2.19. The molecule has 0 unspecified atom stereocenters. The van der Waals surface area contributed by atoms with Crippen LogP contribution in [0.15, 0.2) is 18.2 Å². The summed E-state index contributed by atoms with van der Waals surface area (Å²) >= 11 is 4.72. The number of benzene rings is 1. The number of alkyl halides is 2. The van der Waals surface area contributed by atoms with Crippen LogP contribution in [-0.4, -0.2) is 36.2 Å². The van der Waals surface area contributed by atoms with Gasteiger partial charge in [-0.3, -0.25) is 0 Å². The predicted octanol–water partition coefficient (Wildman–Crippen LogP) is 1.52. The maximum atomic E-state index is 13.6. The zero-order valence-corrected chi connectivity index (χ0v) is 10.3. The highest BCUT2D eigenvalue weighted by molar-refractivity contribution is 7.80. The molecule has 3 nitrogen and oxygen atoms in total. The summed E-state index contributed by atoms with van der Waals surface area (Å²) in [6.45, 7) is -1.01. The van der Waals surface area contributed by atoms with Crippen LogP contribution in [0.1, 0.15) is 5.56 Å². The Labute approximate surface area is 108 Å². The lowest BCUT2D eigenvalue weighted by Gasteiger charge is -2.25. The Kier molecular flexibility index (Phi) is 5.36. The van der Waals surface area contributed by atoms with Crippen LogP contribution < -0.4 is 10.6 Å². The molecule has 0 amide bonds. The second-order valence-corrected chi connectivity index (χ2v) is 4.00. The second-order valence-electron chi connectivity index (χ2n) is 3.56. The van der Waals surface area contributed by atoms with Crippen molar-refractivity contribution >= 4 is 22.9 Å². The fourth-order valence-corrected chi connectivity index (χ4v) is 1.82. The summed E-state index contributed by atoms with van der Waals surface area (Å²) in [5.41, 5.74) is 5.48. The van der Waals surface area contributed by atoms with Crippen LogP contribution in [0.4, 0.5) is 18.9 Å². The summed E-state index contributed by atoms with van der Waals surface area (Å²) in [5.74, 6) is -0.669. The van der Waals surface area contributed by atoms with Crippen molar-refractivity contribution in [1.82, 2.24) is 0 Å². The molecule has 7 heteroatoms. The molecule has 0 radical (unpaired) electrons. The summed E-state index contributed by atoms with van der Waals surface area (Å²) in [6.07, 6.45) is -2.61. The van der Waals surface area contributed by atoms with Crippen LogP contribution in [0, 0.1) is 5.82 Å². The fourth-order valence-electron chi connectivity index (χ4n) is 1.62. The van der Waals surface area contributed by atoms with Crippen molar-refractivity contribution in [1.29, 1.82) is 0 Å². The fraction of sp³-hybridized carbons (Fsp3) is 0.364. The Hall–Kier alpha value is -1.34. The van der Waals surface area contributed by atoms with Crippen molar-refractivity contribution in [3.8, 4) is 0 Å². The molecule has 0 aliphatic heterocycles. The van der Waals surface area contributed by atoms with E-state index < -0.39 is 18.8 Å². The topological polar surface area (TPSA) is 49.5 Å². The van der Waals surface area contributed by atoms with Crippen molar-refractivity contribution in [3.63, 3.8) is 0 Å². The number of anilines is 1. The first-order valence-corrected chi connectivity index (χ1v) is 5.60. The summed E-state index contributed by atoms with van der Waals surface area (Å²) in [5, 5.41) is 8.87. The third kappa shape index (κ3) is 3.58. The monoisotopic (exact) mass is 278 g/mol. The van der Waals surface area contributed by atoms with E-state index in [1.807, 2.05) is 0 Å². The third-order valence-corrected chi connectivity index (χ3v) is 2.51. The van der Waals surface area contributed by atoms with E-state index in [0.717, 1.165) is 11.0 Å². The number of hydrogen-bond acceptors (Lipinski definition) is 3. The Morgan fingerprint density at radius 3 is 2.61 bits per heavy atom. The molecule has 1 aromatic rings. The minimum atomic E-state index is -2.61. The smallest absolute Gasteiger partial charge is 0.255 e. The van der Waals surface area contributed by atoms with Crippen molar-refractivity contribution in [3.05, 3.63) is 29.6 Å². The lowest BCUT2D eigenvalue weighted by Crippen LogP contribution is -2.33. The summed E-state index contributed by atoms with van der Waals surface area (Å²) in [7, 11) is 0. The van der Waals surface area contributed by atoms with Crippen molar-refractivity contribution in [2.24, 2.45) is 5.73 Å². The second kappa shape index (κ2) is 6.55. The van der Waals surface area contributed by atoms with E-state index in [1.54, 1.807) is 0 Å². The zero-order chi connectivity index (χ0) is 13.7. The molecule has 0 saturated heterocycles. The average Bonchev–Trinajstić information content (AvgIpc) is 2.27. The van der Waals surface area contributed by atoms with Gasteiger partial charge in [0.1, 0.15) is 10.8 Å². The number of halogens is 3. The van der Waals surface area contributed by atoms with Gasteiger partial charge >= 0.3 is 0 Å². The molecule has 18 heavy (non-hydrogen) atoms. The van der Waals surface area contributed by atoms with E-state index in [2.05, 4.69) is 0 Å². The molecule has 0 aliphatic rings. The number of nitrogens with two attached hydrogens (primary N) is 1. The van der Waals surface area contributed by atoms with Crippen molar-refractivity contribution in [2.75, 3.05) is 24.6 Å². The van der Waals surface area contributed by atoms with Gasteiger partial charge in [-0.15, -0.1) is 0 Å². The van der Waals surface area contributed by atoms with Crippen LogP contribution in [0.25, 0.3) is 0 Å². The summed E-state index contributed by atoms with van der Waals surface area (Å²) in [6, 6.07) is 3.97. The van der Waals surface area contributed by atoms with Crippen LogP contribution >= 0.6 is 12.2 Å². The van der Waals surface area contributed by atoms with Crippen LogP contribution in [0.2, 0.25) is 0 Å². The van der Waals surface area contributed by atoms with E-state index in [4.69, 9.17) is 23.1 Å². The van der Waals surface area contributed by atoms with Gasteiger partial charge in [-0.25, -0.2) is 13.2 Å². The highest BCUT2D eigenvalue weighted by atomic mass is 32.1. The normalized spacial score (nSPS) is 10.7. The van der Waals surface area contributed by atoms with Gasteiger partial charge in [-0.2, -0.15) is 0 Å². The molecule has 0 bridgehead atoms. The Morgan fingerprint density at radius 2 is 2.11 bits per heavy atom. The minimum absolute atomic E-state index is 0.0522. The maximum Gasteiger partial charge on any atom is 0.255 e. The minimum Gasteiger partial charge on any atom is -0.395 e. The largest absolute Gasteiger partial charge is 0.395 e. The standard InChI is InChI=1S/C11H13F3N2OS/c12-7-2-1-3-8(10(7)11(15)18)16(4-5-17)6-9(13)14/h1-3,9,17H,4-6H2,(H2,15,18). The molecule has 0 aromatic heterocycles. The first-order valence-electron chi connectivity index (χ1n) is 5.19. The Bertz CT molecular complexity index is 429. The van der Waals surface area contributed by atoms with Gasteiger partial charge in [-0.05, 0) is 12.1 Å². The molecule has 1 rings (SSSR count). The number of hydrogen-bond donors (Lipinski definition) is 2. The number of nitrogens with zero attached hydrogens (tertiary/aromatic N) is 1. The van der Waals surface area contributed by atoms with Crippen LogP contribution in [-0.2, 0) is 0 Å². The lowest BCUT2D eigenvalue weighted by molar-refractivity contribution is 0.153. The van der Waals surface area contributed by atoms with Gasteiger partial charge in [0.25, 0.3) is 6.43 Å². The van der Waals surface area contributed by atoms with Gasteiger partial charge in [-0.1, -0.05) is 18.3 Å². The molecule has 0 aliphatic carbocycles. The SMILES string of the molecule is NC(=S)c1c(F)cccc1N(CCO)CC(F)F. The van der Waals surface area contributed by atoms with Gasteiger partial charge in [0, 0.05) is 6.54 Å². The Balaban J connectivity index is 3.18. The van der Waals surface area contributed by atoms with Gasteiger partial charge in [0.2, 0.25) is 0 Å². The first kappa shape index (κ1) is 14.7. The molecule has 100 valence electrons. The van der Waals surface area contributed by atoms with Gasteiger partial charge < -0.3 is 15.7 Å². The third-order valence-electron chi connectivity index (χ3n) is 2.31. The van der Waals surface area contributed by atoms with E-state index >= 15 is 0 Å². The summed E-state index contributed by atoms with van der Waals surface area (Å²) < 4.78 is 38.5. The molecule has 0 fully saturated rings. The van der Waals surface area contributed by atoms with Crippen molar-refractivity contribution in [2.45, 2.75) is 6.43 Å². The number of aliphatic hydroxyl groups is 1. The van der Waals surface area contributed by atoms with E-state index in [-0.39, 0.29) is 29.4 Å². The zero-order valence-electron chi connectivity index (χ0n) is 9.44. The number of thiocarbonyl (C=S) groups is 1. The van der Waals surface area contributed by atoms with Gasteiger partial charge in [0.15, 0.2) is 0 Å². The molecule has 0 heterocycles. The van der Waals surface area contributed by atoms with Gasteiger partial charge in [0.05, 0.1) is 24.4 Å². The molecule has 0 spiro atoms. The van der Waals surface area contributed by atoms with Crippen molar-refractivity contribution < 1.29 is 18.3 Å². The van der Waals surface area contributed by atoms with E-state index in [0.29, 0.717) is 0 Å². The molecule has 1 aromatic carbocycles. The molecule has 0 atom stereocenters. The molecular weight excluding hydrogens is 265 g/mol.